The maximum atomic E-state index is 13.3. The molecule has 1 aliphatic rings. The first-order valence-electron chi connectivity index (χ1n) is 8.93. The van der Waals surface area contributed by atoms with Crippen molar-refractivity contribution in [3.05, 3.63) is 41.7 Å². The molecule has 0 N–H and O–H groups in total. The molecule has 148 valence electrons. The van der Waals surface area contributed by atoms with E-state index in [1.807, 2.05) is 0 Å². The Balaban J connectivity index is 2.25. The Morgan fingerprint density at radius 2 is 1.96 bits per heavy atom. The largest absolute Gasteiger partial charge is 0.463 e. The molecule has 27 heavy (non-hydrogen) atoms. The third-order valence-electron chi connectivity index (χ3n) is 3.80. The Kier molecular flexibility index (Phi) is 6.96. The summed E-state index contributed by atoms with van der Waals surface area (Å²) in [6.07, 6.45) is 0.339. The number of carbonyl (C=O) groups excluding carboxylic acids is 2. The van der Waals surface area contributed by atoms with Crippen molar-refractivity contribution in [1.29, 1.82) is 0 Å². The second kappa shape index (κ2) is 8.99. The van der Waals surface area contributed by atoms with Crippen LogP contribution in [0.1, 0.15) is 33.3 Å². The van der Waals surface area contributed by atoms with Gasteiger partial charge in [-0.2, -0.15) is 0 Å². The molecule has 1 aromatic rings. The molecule has 1 atom stereocenters. The molecule has 1 amide bonds. The lowest BCUT2D eigenvalue weighted by Crippen LogP contribution is -2.47. The van der Waals surface area contributed by atoms with E-state index in [1.54, 1.807) is 44.7 Å². The van der Waals surface area contributed by atoms with Gasteiger partial charge >= 0.3 is 12.1 Å². The predicted molar refractivity (Wildman–Crippen MR) is 98.6 cm³/mol. The fourth-order valence-electron chi connectivity index (χ4n) is 2.65. The summed E-state index contributed by atoms with van der Waals surface area (Å²) in [6, 6.07) is 5.75. The molecule has 1 aliphatic heterocycles. The van der Waals surface area contributed by atoms with Gasteiger partial charge in [0.15, 0.2) is 0 Å². The van der Waals surface area contributed by atoms with Crippen molar-refractivity contribution in [2.75, 3.05) is 26.3 Å². The summed E-state index contributed by atoms with van der Waals surface area (Å²) in [5, 5.41) is 0. The summed E-state index contributed by atoms with van der Waals surface area (Å²) < 4.78 is 29.5. The lowest BCUT2D eigenvalue weighted by Gasteiger charge is -2.35. The van der Waals surface area contributed by atoms with Crippen molar-refractivity contribution in [1.82, 2.24) is 4.90 Å². The van der Waals surface area contributed by atoms with E-state index in [1.165, 1.54) is 18.2 Å². The summed E-state index contributed by atoms with van der Waals surface area (Å²) in [7, 11) is 0. The van der Waals surface area contributed by atoms with Crippen molar-refractivity contribution in [3.8, 4) is 0 Å². The maximum Gasteiger partial charge on any atom is 0.410 e. The van der Waals surface area contributed by atoms with Crippen LogP contribution in [0.5, 0.6) is 0 Å². The number of benzene rings is 1. The number of ether oxygens (including phenoxy) is 3. The first kappa shape index (κ1) is 20.9. The van der Waals surface area contributed by atoms with E-state index >= 15 is 0 Å². The van der Waals surface area contributed by atoms with Gasteiger partial charge < -0.3 is 19.1 Å². The van der Waals surface area contributed by atoms with Crippen molar-refractivity contribution < 1.29 is 28.2 Å². The zero-order valence-corrected chi connectivity index (χ0v) is 16.2. The molecule has 1 fully saturated rings. The highest BCUT2D eigenvalue weighted by Gasteiger charge is 2.30. The number of hydrogen-bond donors (Lipinski definition) is 0. The molecular formula is C20H26FNO5. The van der Waals surface area contributed by atoms with Gasteiger partial charge in [-0.3, -0.25) is 0 Å². The molecule has 0 bridgehead atoms. The van der Waals surface area contributed by atoms with Crippen LogP contribution >= 0.6 is 0 Å². The number of halogens is 1. The van der Waals surface area contributed by atoms with Gasteiger partial charge in [0.2, 0.25) is 0 Å². The number of morpholine rings is 1. The van der Waals surface area contributed by atoms with Crippen molar-refractivity contribution in [3.63, 3.8) is 0 Å². The SMILES string of the molecule is CCOC(=O)C=C(c1ccc(F)cc1)C1CN(C(=O)OC(C)(C)C)CCO1. The molecule has 1 heterocycles. The number of carbonyl (C=O) groups is 2. The highest BCUT2D eigenvalue weighted by molar-refractivity contribution is 5.92. The topological polar surface area (TPSA) is 65.1 Å². The minimum absolute atomic E-state index is 0.220. The number of amides is 1. The number of hydrogen-bond acceptors (Lipinski definition) is 5. The molecule has 0 aromatic heterocycles. The van der Waals surface area contributed by atoms with Gasteiger partial charge in [0.05, 0.1) is 19.8 Å². The van der Waals surface area contributed by atoms with E-state index in [9.17, 15) is 14.0 Å². The van der Waals surface area contributed by atoms with E-state index in [2.05, 4.69) is 0 Å². The van der Waals surface area contributed by atoms with Gasteiger partial charge in [-0.15, -0.1) is 0 Å². The van der Waals surface area contributed by atoms with Crippen LogP contribution in [0.15, 0.2) is 30.3 Å². The highest BCUT2D eigenvalue weighted by atomic mass is 19.1. The van der Waals surface area contributed by atoms with Crippen LogP contribution in [-0.4, -0.2) is 55.0 Å². The van der Waals surface area contributed by atoms with E-state index < -0.39 is 23.8 Å². The van der Waals surface area contributed by atoms with Gasteiger partial charge in [0.25, 0.3) is 0 Å². The summed E-state index contributed by atoms with van der Waals surface area (Å²) in [6.45, 7) is 8.25. The Morgan fingerprint density at radius 3 is 2.56 bits per heavy atom. The second-order valence-electron chi connectivity index (χ2n) is 7.14. The normalized spacial score (nSPS) is 18.2. The van der Waals surface area contributed by atoms with Crippen molar-refractivity contribution >= 4 is 17.6 Å². The zero-order valence-electron chi connectivity index (χ0n) is 16.2. The summed E-state index contributed by atoms with van der Waals surface area (Å²) in [5.74, 6) is -0.899. The van der Waals surface area contributed by atoms with Crippen LogP contribution in [-0.2, 0) is 19.0 Å². The minimum atomic E-state index is -0.606. The van der Waals surface area contributed by atoms with E-state index in [-0.39, 0.29) is 19.0 Å². The van der Waals surface area contributed by atoms with Gasteiger partial charge in [0, 0.05) is 12.6 Å². The molecule has 0 aliphatic carbocycles. The Labute approximate surface area is 158 Å². The Hall–Kier alpha value is -2.41. The monoisotopic (exact) mass is 379 g/mol. The average molecular weight is 379 g/mol. The van der Waals surface area contributed by atoms with Crippen LogP contribution in [0.25, 0.3) is 5.57 Å². The molecule has 0 saturated carbocycles. The van der Waals surface area contributed by atoms with Crippen LogP contribution < -0.4 is 0 Å². The quantitative estimate of drug-likeness (QED) is 0.593. The standard InChI is InChI=1S/C20H26FNO5/c1-5-25-18(23)12-16(14-6-8-15(21)9-7-14)17-13-22(10-11-26-17)19(24)27-20(2,3)4/h6-9,12,17H,5,10-11,13H2,1-4H3. The second-order valence-corrected chi connectivity index (χ2v) is 7.14. The summed E-state index contributed by atoms with van der Waals surface area (Å²) >= 11 is 0. The summed E-state index contributed by atoms with van der Waals surface area (Å²) in [4.78, 5) is 25.9. The van der Waals surface area contributed by atoms with Crippen molar-refractivity contribution in [2.24, 2.45) is 0 Å². The third-order valence-corrected chi connectivity index (χ3v) is 3.80. The van der Waals surface area contributed by atoms with Crippen LogP contribution in [0, 0.1) is 5.82 Å². The molecule has 0 radical (unpaired) electrons. The minimum Gasteiger partial charge on any atom is -0.463 e. The fraction of sp³-hybridized carbons (Fsp3) is 0.500. The molecule has 1 aromatic carbocycles. The zero-order chi connectivity index (χ0) is 20.0. The van der Waals surface area contributed by atoms with E-state index in [0.717, 1.165) is 0 Å². The molecule has 6 nitrogen and oxygen atoms in total. The maximum absolute atomic E-state index is 13.3. The Morgan fingerprint density at radius 1 is 1.30 bits per heavy atom. The average Bonchev–Trinajstić information content (AvgIpc) is 2.59. The summed E-state index contributed by atoms with van der Waals surface area (Å²) in [5.41, 5.74) is 0.549. The lowest BCUT2D eigenvalue weighted by atomic mass is 9.98. The molecule has 7 heteroatoms. The van der Waals surface area contributed by atoms with Gasteiger partial charge in [-0.05, 0) is 51.0 Å². The smallest absolute Gasteiger partial charge is 0.410 e. The first-order valence-corrected chi connectivity index (χ1v) is 8.93. The molecular weight excluding hydrogens is 353 g/mol. The third kappa shape index (κ3) is 6.36. The molecule has 2 rings (SSSR count). The first-order chi connectivity index (χ1) is 12.7. The van der Waals surface area contributed by atoms with Gasteiger partial charge in [-0.25, -0.2) is 14.0 Å². The number of nitrogens with zero attached hydrogens (tertiary/aromatic N) is 1. The number of rotatable bonds is 4. The lowest BCUT2D eigenvalue weighted by molar-refractivity contribution is -0.137. The van der Waals surface area contributed by atoms with Crippen LogP contribution in [0.3, 0.4) is 0 Å². The van der Waals surface area contributed by atoms with Gasteiger partial charge in [0.1, 0.15) is 17.5 Å². The van der Waals surface area contributed by atoms with Crippen LogP contribution in [0.2, 0.25) is 0 Å². The molecule has 1 unspecified atom stereocenters. The fourth-order valence-corrected chi connectivity index (χ4v) is 2.65. The van der Waals surface area contributed by atoms with E-state index in [0.29, 0.717) is 24.3 Å². The van der Waals surface area contributed by atoms with Crippen molar-refractivity contribution in [2.45, 2.75) is 39.4 Å². The van der Waals surface area contributed by atoms with Crippen LogP contribution in [0.4, 0.5) is 9.18 Å². The molecule has 1 saturated heterocycles. The van der Waals surface area contributed by atoms with Gasteiger partial charge in [-0.1, -0.05) is 12.1 Å². The Bertz CT molecular complexity index is 693. The van der Waals surface area contributed by atoms with E-state index in [4.69, 9.17) is 14.2 Å². The highest BCUT2D eigenvalue weighted by Crippen LogP contribution is 2.25. The predicted octanol–water partition coefficient (Wildman–Crippen LogP) is 3.41. The molecule has 0 spiro atoms. The number of esters is 1.